The number of thioether (sulfide) groups is 1. The molecule has 0 aliphatic carbocycles. The first-order valence-corrected chi connectivity index (χ1v) is 12.5. The normalized spacial score (nSPS) is 15.6. The lowest BCUT2D eigenvalue weighted by Crippen LogP contribution is -2.29. The van der Waals surface area contributed by atoms with E-state index in [1.807, 2.05) is 0 Å². The number of unbranched alkanes of at least 4 members (excludes halogenated alkanes) is 2. The van der Waals surface area contributed by atoms with E-state index in [1.54, 1.807) is 6.07 Å². The molecule has 14 heteroatoms. The molecule has 1 aliphatic heterocycles. The average molecular weight is 572 g/mol. The van der Waals surface area contributed by atoms with Crippen molar-refractivity contribution in [1.29, 1.82) is 0 Å². The van der Waals surface area contributed by atoms with Crippen LogP contribution in [-0.4, -0.2) is 42.3 Å². The highest BCUT2D eigenvalue weighted by Gasteiger charge is 2.37. The molecule has 0 bridgehead atoms. The van der Waals surface area contributed by atoms with Crippen molar-refractivity contribution in [1.82, 2.24) is 25.5 Å². The molecule has 2 aromatic carbocycles. The fourth-order valence-electron chi connectivity index (χ4n) is 3.79. The summed E-state index contributed by atoms with van der Waals surface area (Å²) in [6, 6.07) is 7.38. The average Bonchev–Trinajstić information content (AvgIpc) is 3.46. The molecule has 0 saturated carbocycles. The summed E-state index contributed by atoms with van der Waals surface area (Å²) in [6.45, 7) is 0.415. The Labute approximate surface area is 222 Å². The number of hydrogen-bond donors (Lipinski definition) is 1. The first-order valence-electron chi connectivity index (χ1n) is 11.3. The minimum Gasteiger partial charge on any atom is -0.293 e. The highest BCUT2D eigenvalue weighted by molar-refractivity contribution is 8.26. The van der Waals surface area contributed by atoms with E-state index in [0.29, 0.717) is 52.1 Å². The quantitative estimate of drug-likeness (QED) is 0.144. The molecule has 3 aromatic rings. The van der Waals surface area contributed by atoms with Crippen molar-refractivity contribution in [3.63, 3.8) is 0 Å². The van der Waals surface area contributed by atoms with Gasteiger partial charge in [-0.05, 0) is 59.9 Å². The van der Waals surface area contributed by atoms with Crippen LogP contribution in [0.3, 0.4) is 0 Å². The summed E-state index contributed by atoms with van der Waals surface area (Å²) in [7, 11) is 0. The Morgan fingerprint density at radius 3 is 2.29 bits per heavy atom. The van der Waals surface area contributed by atoms with Gasteiger partial charge in [0.15, 0.2) is 5.82 Å². The lowest BCUT2D eigenvalue weighted by Gasteiger charge is -2.14. The number of thiocarbonyl (C=S) groups is 1. The number of tetrazole rings is 1. The van der Waals surface area contributed by atoms with Gasteiger partial charge < -0.3 is 0 Å². The Bertz CT molecular complexity index is 1320. The van der Waals surface area contributed by atoms with Gasteiger partial charge in [-0.15, -0.1) is 10.2 Å². The second-order valence-corrected chi connectivity index (χ2v) is 10.1. The Hall–Kier alpha value is -3.26. The van der Waals surface area contributed by atoms with Gasteiger partial charge in [0.1, 0.15) is 4.32 Å². The molecule has 1 N–H and O–H groups in total. The fourth-order valence-corrected chi connectivity index (χ4v) is 5.10. The van der Waals surface area contributed by atoms with Crippen molar-refractivity contribution in [2.75, 3.05) is 6.54 Å². The fraction of sp³-hybridized carbons (Fsp3) is 0.292. The predicted molar refractivity (Wildman–Crippen MR) is 133 cm³/mol. The molecule has 1 aliphatic rings. The number of nitrogens with zero attached hydrogens (tertiary/aromatic N) is 4. The Balaban J connectivity index is 1.48. The van der Waals surface area contributed by atoms with E-state index in [1.165, 1.54) is 29.2 Å². The molecule has 0 unspecified atom stereocenters. The van der Waals surface area contributed by atoms with E-state index >= 15 is 0 Å². The third-order valence-corrected chi connectivity index (χ3v) is 7.03. The highest BCUT2D eigenvalue weighted by atomic mass is 32.2. The summed E-state index contributed by atoms with van der Waals surface area (Å²) in [4.78, 5) is 14.7. The zero-order valence-corrected chi connectivity index (χ0v) is 21.1. The highest BCUT2D eigenvalue weighted by Crippen LogP contribution is 2.39. The standard InChI is InChI=1S/C24H19F6N5OS2/c25-23(26,27)17-11-16(12-18(13-17)24(28,29)30)15-6-4-5-14(9-15)10-19-21(36)35(22(37)38-19)8-3-1-2-7-20-31-33-34-32-20/h4-6,9-13H,1-3,7-8H2,(H,31,32,33,34). The molecule has 2 heterocycles. The molecule has 0 radical (unpaired) electrons. The zero-order valence-electron chi connectivity index (χ0n) is 19.4. The Morgan fingerprint density at radius 2 is 1.66 bits per heavy atom. The number of aromatic amines is 1. The molecule has 6 nitrogen and oxygen atoms in total. The zero-order chi connectivity index (χ0) is 27.5. The summed E-state index contributed by atoms with van der Waals surface area (Å²) in [5.74, 6) is 0.308. The van der Waals surface area contributed by atoms with Crippen LogP contribution < -0.4 is 0 Å². The van der Waals surface area contributed by atoms with Gasteiger partial charge in [0.25, 0.3) is 5.91 Å². The molecular weight excluding hydrogens is 552 g/mol. The predicted octanol–water partition coefficient (Wildman–Crippen LogP) is 6.52. The topological polar surface area (TPSA) is 74.8 Å². The number of aromatic nitrogens is 4. The van der Waals surface area contributed by atoms with E-state index in [0.717, 1.165) is 24.6 Å². The number of amides is 1. The number of nitrogens with one attached hydrogen (secondary N) is 1. The van der Waals surface area contributed by atoms with E-state index in [2.05, 4.69) is 20.6 Å². The maximum Gasteiger partial charge on any atom is 0.416 e. The first kappa shape index (κ1) is 27.8. The van der Waals surface area contributed by atoms with Gasteiger partial charge in [-0.3, -0.25) is 9.69 Å². The SMILES string of the molecule is O=C1C(=Cc2cccc(-c3cc(C(F)(F)F)cc(C(F)(F)F)c3)c2)SC(=S)N1CCCCCc1nn[nH]n1. The molecule has 1 fully saturated rings. The maximum absolute atomic E-state index is 13.3. The van der Waals surface area contributed by atoms with Gasteiger partial charge in [0, 0.05) is 13.0 Å². The minimum atomic E-state index is -4.95. The van der Waals surface area contributed by atoms with E-state index < -0.39 is 23.5 Å². The molecule has 1 aromatic heterocycles. The third-order valence-electron chi connectivity index (χ3n) is 5.65. The number of alkyl halides is 6. The number of hydrogen-bond acceptors (Lipinski definition) is 6. The minimum absolute atomic E-state index is 0.0873. The summed E-state index contributed by atoms with van der Waals surface area (Å²) in [6.07, 6.45) is -5.40. The molecule has 4 rings (SSSR count). The monoisotopic (exact) mass is 571 g/mol. The van der Waals surface area contributed by atoms with Crippen LogP contribution in [0.4, 0.5) is 26.3 Å². The number of benzene rings is 2. The van der Waals surface area contributed by atoms with E-state index in [-0.39, 0.29) is 23.1 Å². The largest absolute Gasteiger partial charge is 0.416 e. The van der Waals surface area contributed by atoms with Crippen molar-refractivity contribution >= 4 is 40.3 Å². The number of aryl methyl sites for hydroxylation is 1. The van der Waals surface area contributed by atoms with Crippen molar-refractivity contribution < 1.29 is 31.1 Å². The molecule has 0 atom stereocenters. The van der Waals surface area contributed by atoms with Crippen LogP contribution in [0.15, 0.2) is 47.4 Å². The molecule has 1 amide bonds. The van der Waals surface area contributed by atoms with Crippen molar-refractivity contribution in [3.05, 3.63) is 69.9 Å². The lowest BCUT2D eigenvalue weighted by molar-refractivity contribution is -0.143. The van der Waals surface area contributed by atoms with Crippen molar-refractivity contribution in [3.8, 4) is 11.1 Å². The lowest BCUT2D eigenvalue weighted by atomic mass is 9.97. The van der Waals surface area contributed by atoms with Crippen LogP contribution in [-0.2, 0) is 23.6 Å². The van der Waals surface area contributed by atoms with Gasteiger partial charge in [0.05, 0.1) is 16.0 Å². The number of rotatable bonds is 8. The first-order chi connectivity index (χ1) is 17.9. The Kier molecular flexibility index (Phi) is 8.21. The molecular formula is C24H19F6N5OS2. The number of halogens is 6. The van der Waals surface area contributed by atoms with Gasteiger partial charge >= 0.3 is 12.4 Å². The van der Waals surface area contributed by atoms with E-state index in [4.69, 9.17) is 12.2 Å². The molecule has 38 heavy (non-hydrogen) atoms. The van der Waals surface area contributed by atoms with Crippen LogP contribution in [0.5, 0.6) is 0 Å². The van der Waals surface area contributed by atoms with Crippen molar-refractivity contribution in [2.24, 2.45) is 0 Å². The van der Waals surface area contributed by atoms with Gasteiger partial charge in [0.2, 0.25) is 0 Å². The second kappa shape index (κ2) is 11.2. The summed E-state index contributed by atoms with van der Waals surface area (Å²) in [5, 5.41) is 13.6. The van der Waals surface area contributed by atoms with Crippen molar-refractivity contribution in [2.45, 2.75) is 38.0 Å². The summed E-state index contributed by atoms with van der Waals surface area (Å²) in [5.41, 5.74) is -2.45. The van der Waals surface area contributed by atoms with Crippen LogP contribution in [0, 0.1) is 0 Å². The summed E-state index contributed by atoms with van der Waals surface area (Å²) >= 11 is 6.43. The Morgan fingerprint density at radius 1 is 0.947 bits per heavy atom. The van der Waals surface area contributed by atoms with Gasteiger partial charge in [-0.2, -0.15) is 31.6 Å². The summed E-state index contributed by atoms with van der Waals surface area (Å²) < 4.78 is 80.0. The molecule has 200 valence electrons. The van der Waals surface area contributed by atoms with Crippen LogP contribution >= 0.6 is 24.0 Å². The van der Waals surface area contributed by atoms with E-state index in [9.17, 15) is 31.1 Å². The van der Waals surface area contributed by atoms with Crippen LogP contribution in [0.1, 0.15) is 41.8 Å². The third kappa shape index (κ3) is 6.78. The number of H-pyrrole nitrogens is 1. The molecule has 1 saturated heterocycles. The molecule has 0 spiro atoms. The van der Waals surface area contributed by atoms with Gasteiger partial charge in [-0.25, -0.2) is 0 Å². The van der Waals surface area contributed by atoms with Gasteiger partial charge in [-0.1, -0.05) is 53.8 Å². The smallest absolute Gasteiger partial charge is 0.293 e. The van der Waals surface area contributed by atoms with Crippen LogP contribution in [0.25, 0.3) is 17.2 Å². The number of carbonyl (C=O) groups is 1. The second-order valence-electron chi connectivity index (χ2n) is 8.39. The maximum atomic E-state index is 13.3. The number of carbonyl (C=O) groups excluding carboxylic acids is 1. The van der Waals surface area contributed by atoms with Crippen LogP contribution in [0.2, 0.25) is 0 Å².